The van der Waals surface area contributed by atoms with Crippen molar-refractivity contribution in [3.63, 3.8) is 0 Å². The Labute approximate surface area is 167 Å². The first kappa shape index (κ1) is 19.5. The molecule has 0 amide bonds. The van der Waals surface area contributed by atoms with Crippen molar-refractivity contribution >= 4 is 35.6 Å². The molecule has 0 radical (unpaired) electrons. The molecule has 1 unspecified atom stereocenters. The number of rotatable bonds is 5. The van der Waals surface area contributed by atoms with Crippen molar-refractivity contribution < 1.29 is 0 Å². The molecule has 5 nitrogen and oxygen atoms in total. The Hall–Kier alpha value is -1.83. The van der Waals surface area contributed by atoms with Crippen LogP contribution in [-0.2, 0) is 6.42 Å². The molecule has 1 aromatic carbocycles. The van der Waals surface area contributed by atoms with E-state index in [2.05, 4.69) is 61.9 Å². The Morgan fingerprint density at radius 2 is 2.08 bits per heavy atom. The maximum Gasteiger partial charge on any atom is 0.191 e. The standard InChI is InChI=1S/C19H25N5.HI/c1-20-19(22-12-9-16-6-5-11-21-14-16)23-17-10-13-24(15-17)18-7-3-2-4-8-18;/h2-8,11,14,17H,9-10,12-13,15H2,1H3,(H2,20,22,23);1H. The maximum atomic E-state index is 4.34. The van der Waals surface area contributed by atoms with E-state index >= 15 is 0 Å². The topological polar surface area (TPSA) is 52.6 Å². The van der Waals surface area contributed by atoms with Gasteiger partial charge in [0.2, 0.25) is 0 Å². The van der Waals surface area contributed by atoms with Gasteiger partial charge in [-0.25, -0.2) is 0 Å². The number of para-hydroxylation sites is 1. The van der Waals surface area contributed by atoms with Crippen LogP contribution in [0.25, 0.3) is 0 Å². The fraction of sp³-hybridized carbons (Fsp3) is 0.368. The number of aromatic nitrogens is 1. The summed E-state index contributed by atoms with van der Waals surface area (Å²) in [7, 11) is 1.82. The van der Waals surface area contributed by atoms with E-state index in [-0.39, 0.29) is 24.0 Å². The van der Waals surface area contributed by atoms with Crippen molar-refractivity contribution in [2.45, 2.75) is 18.9 Å². The molecular formula is C19H26IN5. The van der Waals surface area contributed by atoms with Gasteiger partial charge in [-0.3, -0.25) is 9.98 Å². The molecule has 0 bridgehead atoms. The molecule has 0 saturated carbocycles. The third kappa shape index (κ3) is 5.88. The lowest BCUT2D eigenvalue weighted by molar-refractivity contribution is 0.648. The third-order valence-electron chi connectivity index (χ3n) is 4.30. The fourth-order valence-corrected chi connectivity index (χ4v) is 3.01. The number of nitrogens with zero attached hydrogens (tertiary/aromatic N) is 3. The third-order valence-corrected chi connectivity index (χ3v) is 4.30. The first-order chi connectivity index (χ1) is 11.8. The Morgan fingerprint density at radius 1 is 1.24 bits per heavy atom. The number of nitrogens with one attached hydrogen (secondary N) is 2. The van der Waals surface area contributed by atoms with Gasteiger partial charge < -0.3 is 15.5 Å². The molecule has 1 atom stereocenters. The predicted octanol–water partition coefficient (Wildman–Crippen LogP) is 2.69. The highest BCUT2D eigenvalue weighted by Crippen LogP contribution is 2.19. The van der Waals surface area contributed by atoms with Crippen LogP contribution in [0.2, 0.25) is 0 Å². The van der Waals surface area contributed by atoms with E-state index in [4.69, 9.17) is 0 Å². The molecule has 1 fully saturated rings. The summed E-state index contributed by atoms with van der Waals surface area (Å²) in [6, 6.07) is 15.1. The van der Waals surface area contributed by atoms with Crippen molar-refractivity contribution in [2.75, 3.05) is 31.6 Å². The minimum Gasteiger partial charge on any atom is -0.369 e. The van der Waals surface area contributed by atoms with Crippen LogP contribution in [-0.4, -0.2) is 43.7 Å². The average molecular weight is 451 g/mol. The number of benzene rings is 1. The highest BCUT2D eigenvalue weighted by atomic mass is 127. The number of aliphatic imine (C=N–C) groups is 1. The number of hydrogen-bond donors (Lipinski definition) is 2. The lowest BCUT2D eigenvalue weighted by Gasteiger charge is -2.20. The van der Waals surface area contributed by atoms with E-state index in [0.29, 0.717) is 6.04 Å². The molecule has 2 aromatic rings. The van der Waals surface area contributed by atoms with E-state index in [0.717, 1.165) is 38.4 Å². The molecule has 1 aliphatic rings. The van der Waals surface area contributed by atoms with Gasteiger partial charge in [-0.05, 0) is 36.6 Å². The van der Waals surface area contributed by atoms with Gasteiger partial charge in [0.1, 0.15) is 0 Å². The summed E-state index contributed by atoms with van der Waals surface area (Å²) < 4.78 is 0. The van der Waals surface area contributed by atoms with Crippen molar-refractivity contribution in [3.8, 4) is 0 Å². The summed E-state index contributed by atoms with van der Waals surface area (Å²) in [6.07, 6.45) is 5.77. The minimum atomic E-state index is 0. The molecule has 0 spiro atoms. The number of pyridine rings is 1. The van der Waals surface area contributed by atoms with Crippen LogP contribution in [0.15, 0.2) is 59.9 Å². The fourth-order valence-electron chi connectivity index (χ4n) is 3.01. The maximum absolute atomic E-state index is 4.34. The van der Waals surface area contributed by atoms with Crippen molar-refractivity contribution in [2.24, 2.45) is 4.99 Å². The summed E-state index contributed by atoms with van der Waals surface area (Å²) in [5.41, 5.74) is 2.53. The summed E-state index contributed by atoms with van der Waals surface area (Å²) in [5, 5.41) is 6.93. The van der Waals surface area contributed by atoms with Crippen LogP contribution < -0.4 is 15.5 Å². The Bertz CT molecular complexity index is 647. The SMILES string of the molecule is CN=C(NCCc1cccnc1)NC1CCN(c2ccccc2)C1.I. The molecule has 25 heavy (non-hydrogen) atoms. The zero-order valence-electron chi connectivity index (χ0n) is 14.6. The molecule has 134 valence electrons. The Balaban J connectivity index is 0.00000225. The second kappa shape index (κ2) is 10.2. The lowest BCUT2D eigenvalue weighted by atomic mass is 10.2. The van der Waals surface area contributed by atoms with Gasteiger partial charge in [-0.15, -0.1) is 24.0 Å². The van der Waals surface area contributed by atoms with Crippen LogP contribution in [0, 0.1) is 0 Å². The van der Waals surface area contributed by atoms with Gasteiger partial charge in [0.15, 0.2) is 5.96 Å². The van der Waals surface area contributed by atoms with Gasteiger partial charge in [-0.1, -0.05) is 24.3 Å². The van der Waals surface area contributed by atoms with Gasteiger partial charge >= 0.3 is 0 Å². The quantitative estimate of drug-likeness (QED) is 0.417. The van der Waals surface area contributed by atoms with E-state index in [9.17, 15) is 0 Å². The van der Waals surface area contributed by atoms with Crippen LogP contribution in [0.1, 0.15) is 12.0 Å². The highest BCUT2D eigenvalue weighted by molar-refractivity contribution is 14.0. The lowest BCUT2D eigenvalue weighted by Crippen LogP contribution is -2.45. The van der Waals surface area contributed by atoms with E-state index in [1.165, 1.54) is 11.3 Å². The summed E-state index contributed by atoms with van der Waals surface area (Å²) in [5.74, 6) is 0.874. The molecule has 6 heteroatoms. The zero-order valence-corrected chi connectivity index (χ0v) is 16.9. The van der Waals surface area contributed by atoms with Gasteiger partial charge in [0, 0.05) is 50.8 Å². The molecular weight excluding hydrogens is 425 g/mol. The number of hydrogen-bond acceptors (Lipinski definition) is 3. The summed E-state index contributed by atoms with van der Waals surface area (Å²) in [4.78, 5) is 10.9. The molecule has 0 aliphatic carbocycles. The number of anilines is 1. The van der Waals surface area contributed by atoms with E-state index in [1.807, 2.05) is 19.3 Å². The first-order valence-electron chi connectivity index (χ1n) is 8.51. The van der Waals surface area contributed by atoms with Crippen molar-refractivity contribution in [1.82, 2.24) is 15.6 Å². The van der Waals surface area contributed by atoms with Gasteiger partial charge in [0.05, 0.1) is 0 Å². The van der Waals surface area contributed by atoms with Gasteiger partial charge in [-0.2, -0.15) is 0 Å². The summed E-state index contributed by atoms with van der Waals surface area (Å²) in [6.45, 7) is 2.93. The predicted molar refractivity (Wildman–Crippen MR) is 115 cm³/mol. The monoisotopic (exact) mass is 451 g/mol. The first-order valence-corrected chi connectivity index (χ1v) is 8.51. The highest BCUT2D eigenvalue weighted by Gasteiger charge is 2.23. The molecule has 2 N–H and O–H groups in total. The van der Waals surface area contributed by atoms with Crippen molar-refractivity contribution in [1.29, 1.82) is 0 Å². The molecule has 3 rings (SSSR count). The molecule has 1 aromatic heterocycles. The van der Waals surface area contributed by atoms with Crippen LogP contribution in [0.3, 0.4) is 0 Å². The molecule has 2 heterocycles. The molecule has 1 aliphatic heterocycles. The smallest absolute Gasteiger partial charge is 0.191 e. The average Bonchev–Trinajstić information content (AvgIpc) is 3.11. The van der Waals surface area contributed by atoms with Crippen LogP contribution in [0.4, 0.5) is 5.69 Å². The zero-order chi connectivity index (χ0) is 16.6. The second-order valence-corrected chi connectivity index (χ2v) is 6.02. The Morgan fingerprint density at radius 3 is 2.80 bits per heavy atom. The van der Waals surface area contributed by atoms with E-state index < -0.39 is 0 Å². The summed E-state index contributed by atoms with van der Waals surface area (Å²) >= 11 is 0. The Kier molecular flexibility index (Phi) is 7.97. The molecule has 1 saturated heterocycles. The van der Waals surface area contributed by atoms with Crippen molar-refractivity contribution in [3.05, 3.63) is 60.4 Å². The van der Waals surface area contributed by atoms with Crippen LogP contribution in [0.5, 0.6) is 0 Å². The van der Waals surface area contributed by atoms with E-state index in [1.54, 1.807) is 6.20 Å². The number of halogens is 1. The minimum absolute atomic E-state index is 0. The van der Waals surface area contributed by atoms with Gasteiger partial charge in [0.25, 0.3) is 0 Å². The van der Waals surface area contributed by atoms with Crippen LogP contribution >= 0.6 is 24.0 Å². The second-order valence-electron chi connectivity index (χ2n) is 6.02. The number of guanidine groups is 1. The largest absolute Gasteiger partial charge is 0.369 e. The normalized spacial score (nSPS) is 17.1.